The van der Waals surface area contributed by atoms with Gasteiger partial charge in [-0.2, -0.15) is 0 Å². The number of carbonyl (C=O) groups excluding carboxylic acids is 1. The molecule has 3 atom stereocenters. The Morgan fingerprint density at radius 2 is 1.95 bits per heavy atom. The van der Waals surface area contributed by atoms with Gasteiger partial charge in [0.2, 0.25) is 18.4 Å². The Morgan fingerprint density at radius 1 is 1.17 bits per heavy atom. The van der Waals surface area contributed by atoms with E-state index in [2.05, 4.69) is 21.7 Å². The van der Waals surface area contributed by atoms with E-state index < -0.39 is 11.9 Å². The minimum absolute atomic E-state index is 0.0484. The van der Waals surface area contributed by atoms with Crippen LogP contribution in [0.1, 0.15) is 49.9 Å². The summed E-state index contributed by atoms with van der Waals surface area (Å²) >= 11 is 0. The number of aryl methyl sites for hydroxylation is 2. The number of likely N-dealkylation sites (tertiary alicyclic amines) is 1. The lowest BCUT2D eigenvalue weighted by atomic mass is 9.83. The minimum atomic E-state index is -0.875. The van der Waals surface area contributed by atoms with Crippen LogP contribution in [-0.2, 0) is 23.1 Å². The van der Waals surface area contributed by atoms with E-state index in [4.69, 9.17) is 14.2 Å². The van der Waals surface area contributed by atoms with Crippen molar-refractivity contribution in [3.05, 3.63) is 35.9 Å². The van der Waals surface area contributed by atoms with Crippen LogP contribution in [0.15, 0.2) is 24.5 Å². The molecule has 0 spiro atoms. The van der Waals surface area contributed by atoms with Gasteiger partial charge in [-0.15, -0.1) is 0 Å². The Morgan fingerprint density at radius 3 is 2.61 bits per heavy atom. The predicted molar refractivity (Wildman–Crippen MR) is 155 cm³/mol. The van der Waals surface area contributed by atoms with Crippen LogP contribution in [0.25, 0.3) is 0 Å². The fourth-order valence-corrected chi connectivity index (χ4v) is 6.03. The van der Waals surface area contributed by atoms with Gasteiger partial charge in [0, 0.05) is 57.5 Å². The van der Waals surface area contributed by atoms with Crippen LogP contribution < -0.4 is 14.2 Å². The summed E-state index contributed by atoms with van der Waals surface area (Å²) in [5.41, 5.74) is 0.810. The molecule has 0 saturated carbocycles. The summed E-state index contributed by atoms with van der Waals surface area (Å²) in [5.74, 6) is 0.594. The molecule has 2 aliphatic rings. The second-order valence-electron chi connectivity index (χ2n) is 11.3. The number of methoxy groups -OCH3 is 1. The zero-order chi connectivity index (χ0) is 29.5. The van der Waals surface area contributed by atoms with Crippen molar-refractivity contribution < 1.29 is 28.9 Å². The van der Waals surface area contributed by atoms with Gasteiger partial charge in [-0.3, -0.25) is 14.5 Å². The van der Waals surface area contributed by atoms with Crippen molar-refractivity contribution in [3.63, 3.8) is 0 Å². The summed E-state index contributed by atoms with van der Waals surface area (Å²) in [7, 11) is 7.57. The van der Waals surface area contributed by atoms with Gasteiger partial charge >= 0.3 is 5.97 Å². The molecular weight excluding hydrogens is 526 g/mol. The largest absolute Gasteiger partial charge is 0.493 e. The van der Waals surface area contributed by atoms with Crippen molar-refractivity contribution in [1.82, 2.24) is 24.3 Å². The highest BCUT2D eigenvalue weighted by Gasteiger charge is 2.47. The summed E-state index contributed by atoms with van der Waals surface area (Å²) in [4.78, 5) is 37.2. The number of imidazole rings is 1. The molecule has 41 heavy (non-hydrogen) atoms. The number of hydrogen-bond donors (Lipinski definition) is 1. The van der Waals surface area contributed by atoms with Crippen LogP contribution in [0.3, 0.4) is 0 Å². The highest BCUT2D eigenvalue weighted by Crippen LogP contribution is 2.47. The highest BCUT2D eigenvalue weighted by molar-refractivity contribution is 5.79. The molecule has 3 unspecified atom stereocenters. The van der Waals surface area contributed by atoms with Gasteiger partial charge in [-0.25, -0.2) is 4.98 Å². The topological polar surface area (TPSA) is 110 Å². The number of rotatable bonds is 15. The van der Waals surface area contributed by atoms with Crippen molar-refractivity contribution in [2.24, 2.45) is 13.0 Å². The maximum absolute atomic E-state index is 13.7. The van der Waals surface area contributed by atoms with E-state index in [-0.39, 0.29) is 31.2 Å². The molecule has 1 saturated heterocycles. The van der Waals surface area contributed by atoms with Crippen LogP contribution in [0.2, 0.25) is 0 Å². The summed E-state index contributed by atoms with van der Waals surface area (Å²) in [6, 6.07) is 3.37. The molecule has 11 heteroatoms. The number of carbonyl (C=O) groups is 2. The third-order valence-corrected chi connectivity index (χ3v) is 8.23. The number of ether oxygens (including phenoxy) is 3. The van der Waals surface area contributed by atoms with E-state index >= 15 is 0 Å². The van der Waals surface area contributed by atoms with Gasteiger partial charge in [0.05, 0.1) is 19.6 Å². The molecule has 1 aromatic carbocycles. The molecule has 11 nitrogen and oxygen atoms in total. The summed E-state index contributed by atoms with van der Waals surface area (Å²) in [6.45, 7) is 5.14. The molecule has 1 aromatic heterocycles. The molecule has 2 aliphatic heterocycles. The number of aliphatic carboxylic acids is 1. The number of nitrogens with zero attached hydrogens (tertiary/aromatic N) is 5. The standard InChI is InChI=1S/C30H45N5O6/c1-6-7-13-34(14-8-12-32(2)3)27(36)19-35-18-22(21-16-24(39-5)29-25(17-21)40-20-41-29)28(30(37)38)23(35)9-10-26-31-11-15-33(26)4/h11,15-17,22-23,28H,6-10,12-14,18-20H2,1-5H3,(H,37,38). The number of unbranched alkanes of at least 4 members (excludes halogenated alkanes) is 1. The number of carboxylic acids is 1. The molecule has 1 fully saturated rings. The second kappa shape index (κ2) is 14.0. The number of benzene rings is 1. The van der Waals surface area contributed by atoms with Crippen molar-refractivity contribution in [1.29, 1.82) is 0 Å². The number of hydrogen-bond acceptors (Lipinski definition) is 8. The molecule has 1 N–H and O–H groups in total. The maximum Gasteiger partial charge on any atom is 0.308 e. The molecule has 2 aromatic rings. The fraction of sp³-hybridized carbons (Fsp3) is 0.633. The molecule has 4 rings (SSSR count). The molecule has 3 heterocycles. The van der Waals surface area contributed by atoms with Gasteiger partial charge in [-0.05, 0) is 57.6 Å². The molecule has 226 valence electrons. The maximum atomic E-state index is 13.7. The van der Waals surface area contributed by atoms with E-state index in [0.29, 0.717) is 49.7 Å². The van der Waals surface area contributed by atoms with Crippen molar-refractivity contribution in [3.8, 4) is 17.2 Å². The fourth-order valence-electron chi connectivity index (χ4n) is 6.03. The molecule has 0 bridgehead atoms. The number of amides is 1. The number of aromatic nitrogens is 2. The molecule has 1 amide bonds. The Bertz CT molecular complexity index is 1180. The van der Waals surface area contributed by atoms with Crippen molar-refractivity contribution in [2.75, 3.05) is 60.7 Å². The van der Waals surface area contributed by atoms with Gasteiger partial charge < -0.3 is 33.7 Å². The van der Waals surface area contributed by atoms with E-state index in [9.17, 15) is 14.7 Å². The second-order valence-corrected chi connectivity index (χ2v) is 11.3. The zero-order valence-corrected chi connectivity index (χ0v) is 25.0. The van der Waals surface area contributed by atoms with Crippen LogP contribution in [-0.4, -0.2) is 108 Å². The van der Waals surface area contributed by atoms with Crippen LogP contribution >= 0.6 is 0 Å². The first-order chi connectivity index (χ1) is 19.7. The minimum Gasteiger partial charge on any atom is -0.493 e. The van der Waals surface area contributed by atoms with E-state index in [0.717, 1.165) is 37.2 Å². The van der Waals surface area contributed by atoms with Gasteiger partial charge in [0.25, 0.3) is 0 Å². The first kappa shape index (κ1) is 30.6. The summed E-state index contributed by atoms with van der Waals surface area (Å²) in [6.07, 6.45) is 7.66. The van der Waals surface area contributed by atoms with Gasteiger partial charge in [0.1, 0.15) is 5.82 Å². The Kier molecular flexibility index (Phi) is 10.5. The number of fused-ring (bicyclic) bond motifs is 1. The lowest BCUT2D eigenvalue weighted by molar-refractivity contribution is -0.143. The number of carboxylic acid groups (broad SMARTS) is 1. The lowest BCUT2D eigenvalue weighted by Crippen LogP contribution is -2.45. The third kappa shape index (κ3) is 7.32. The Hall–Kier alpha value is -3.31. The lowest BCUT2D eigenvalue weighted by Gasteiger charge is -2.30. The van der Waals surface area contributed by atoms with E-state index in [1.54, 1.807) is 13.3 Å². The molecule has 0 aliphatic carbocycles. The summed E-state index contributed by atoms with van der Waals surface area (Å²) in [5, 5.41) is 10.6. The average molecular weight is 572 g/mol. The molecule has 0 radical (unpaired) electrons. The smallest absolute Gasteiger partial charge is 0.308 e. The predicted octanol–water partition coefficient (Wildman–Crippen LogP) is 2.84. The van der Waals surface area contributed by atoms with Crippen molar-refractivity contribution in [2.45, 2.75) is 51.0 Å². The highest BCUT2D eigenvalue weighted by atomic mass is 16.7. The molecular formula is C30H45N5O6. The SMILES string of the molecule is CCCCN(CCCN(C)C)C(=O)CN1CC(c2cc(OC)c3c(c2)OCO3)C(C(=O)O)C1CCc1nccn1C. The quantitative estimate of drug-likeness (QED) is 0.345. The Balaban J connectivity index is 1.62. The summed E-state index contributed by atoms with van der Waals surface area (Å²) < 4.78 is 18.7. The van der Waals surface area contributed by atoms with E-state index in [1.807, 2.05) is 48.9 Å². The average Bonchev–Trinajstić information content (AvgIpc) is 3.67. The zero-order valence-electron chi connectivity index (χ0n) is 25.0. The van der Waals surface area contributed by atoms with Gasteiger partial charge in [-0.1, -0.05) is 13.3 Å². The first-order valence-electron chi connectivity index (χ1n) is 14.6. The first-order valence-corrected chi connectivity index (χ1v) is 14.6. The van der Waals surface area contributed by atoms with Crippen molar-refractivity contribution >= 4 is 11.9 Å². The van der Waals surface area contributed by atoms with E-state index in [1.165, 1.54) is 0 Å². The van der Waals surface area contributed by atoms with Gasteiger partial charge in [0.15, 0.2) is 11.5 Å². The normalized spacial score (nSPS) is 20.1. The monoisotopic (exact) mass is 571 g/mol. The Labute approximate surface area is 243 Å². The van der Waals surface area contributed by atoms with Crippen LogP contribution in [0, 0.1) is 5.92 Å². The van der Waals surface area contributed by atoms with Crippen LogP contribution in [0.5, 0.6) is 17.2 Å². The van der Waals surface area contributed by atoms with Crippen LogP contribution in [0.4, 0.5) is 0 Å². The third-order valence-electron chi connectivity index (χ3n) is 8.23.